The minimum Gasteiger partial charge on any atom is -0.469 e. The molecule has 2 atom stereocenters. The molecule has 0 bridgehead atoms. The van der Waals surface area contributed by atoms with Crippen molar-refractivity contribution < 1.29 is 23.9 Å². The monoisotopic (exact) mass is 354 g/mol. The Morgan fingerprint density at radius 1 is 0.846 bits per heavy atom. The number of rotatable bonds is 7. The van der Waals surface area contributed by atoms with Gasteiger partial charge in [-0.3, -0.25) is 4.79 Å². The van der Waals surface area contributed by atoms with Gasteiger partial charge in [-0.05, 0) is 30.2 Å². The third-order valence-electron chi connectivity index (χ3n) is 4.28. The van der Waals surface area contributed by atoms with E-state index in [1.165, 1.54) is 21.1 Å². The lowest BCUT2D eigenvalue weighted by molar-refractivity contribution is -0.143. The molecule has 0 aromatic heterocycles. The van der Waals surface area contributed by atoms with Gasteiger partial charge in [-0.25, -0.2) is 4.79 Å². The van der Waals surface area contributed by atoms with E-state index in [1.807, 2.05) is 30.3 Å². The molecule has 0 heterocycles. The van der Waals surface area contributed by atoms with E-state index < -0.39 is 17.9 Å². The van der Waals surface area contributed by atoms with Crippen molar-refractivity contribution in [2.24, 2.45) is 0 Å². The maximum absolute atomic E-state index is 12.6. The van der Waals surface area contributed by atoms with E-state index in [-0.39, 0.29) is 18.1 Å². The van der Waals surface area contributed by atoms with Crippen LogP contribution >= 0.6 is 0 Å². The standard InChI is InChI=1S/C21H22O5/c1-14(22)13-18(15-7-5-4-6-8-15)19(21(24)26-3)16-9-11-17(12-10-16)20(23)25-2/h4-12,18-19H,13H2,1-3H3. The fraction of sp³-hybridized carbons (Fsp3) is 0.286. The molecule has 0 amide bonds. The molecule has 0 fully saturated rings. The molecule has 0 radical (unpaired) electrons. The van der Waals surface area contributed by atoms with Crippen molar-refractivity contribution in [1.29, 1.82) is 0 Å². The van der Waals surface area contributed by atoms with E-state index in [2.05, 4.69) is 0 Å². The zero-order valence-corrected chi connectivity index (χ0v) is 15.1. The van der Waals surface area contributed by atoms with Crippen LogP contribution in [0, 0.1) is 0 Å². The highest BCUT2D eigenvalue weighted by Crippen LogP contribution is 2.37. The van der Waals surface area contributed by atoms with Crippen molar-refractivity contribution >= 4 is 17.7 Å². The van der Waals surface area contributed by atoms with Gasteiger partial charge in [-0.15, -0.1) is 0 Å². The topological polar surface area (TPSA) is 69.7 Å². The average Bonchev–Trinajstić information content (AvgIpc) is 2.67. The van der Waals surface area contributed by atoms with Gasteiger partial charge in [0.2, 0.25) is 0 Å². The highest BCUT2D eigenvalue weighted by molar-refractivity contribution is 5.89. The third-order valence-corrected chi connectivity index (χ3v) is 4.28. The summed E-state index contributed by atoms with van der Waals surface area (Å²) in [7, 11) is 2.64. The van der Waals surface area contributed by atoms with E-state index in [0.717, 1.165) is 5.56 Å². The molecule has 0 aliphatic carbocycles. The Bertz CT molecular complexity index is 765. The molecule has 2 aromatic rings. The first kappa shape index (κ1) is 19.4. The molecule has 2 unspecified atom stereocenters. The largest absolute Gasteiger partial charge is 0.469 e. The molecule has 5 nitrogen and oxygen atoms in total. The number of ketones is 1. The summed E-state index contributed by atoms with van der Waals surface area (Å²) in [4.78, 5) is 36.0. The molecule has 5 heteroatoms. The minimum atomic E-state index is -0.655. The molecule has 2 aromatic carbocycles. The zero-order chi connectivity index (χ0) is 19.1. The second-order valence-electron chi connectivity index (χ2n) is 6.04. The number of hydrogen-bond donors (Lipinski definition) is 0. The van der Waals surface area contributed by atoms with Crippen molar-refractivity contribution in [3.05, 3.63) is 71.3 Å². The van der Waals surface area contributed by atoms with Crippen molar-refractivity contribution in [3.8, 4) is 0 Å². The summed E-state index contributed by atoms with van der Waals surface area (Å²) in [5.41, 5.74) is 1.96. The number of carbonyl (C=O) groups is 3. The fourth-order valence-electron chi connectivity index (χ4n) is 3.04. The Hall–Kier alpha value is -2.95. The van der Waals surface area contributed by atoms with Gasteiger partial charge in [0.05, 0.1) is 25.7 Å². The third kappa shape index (κ3) is 4.57. The summed E-state index contributed by atoms with van der Waals surface area (Å²) in [5, 5.41) is 0. The average molecular weight is 354 g/mol. The predicted octanol–water partition coefficient (Wildman–Crippen LogP) is 3.49. The maximum Gasteiger partial charge on any atom is 0.337 e. The number of Topliss-reactive ketones (excluding diaryl/α,β-unsaturated/α-hetero) is 1. The molecule has 0 aliphatic rings. The Morgan fingerprint density at radius 3 is 1.96 bits per heavy atom. The van der Waals surface area contributed by atoms with Crippen molar-refractivity contribution in [1.82, 2.24) is 0 Å². The van der Waals surface area contributed by atoms with E-state index in [1.54, 1.807) is 24.3 Å². The van der Waals surface area contributed by atoms with Crippen LogP contribution in [0.1, 0.15) is 46.7 Å². The first-order chi connectivity index (χ1) is 12.5. The lowest BCUT2D eigenvalue weighted by Gasteiger charge is -2.25. The Morgan fingerprint density at radius 2 is 1.46 bits per heavy atom. The second kappa shape index (κ2) is 8.94. The van der Waals surface area contributed by atoms with Crippen LogP contribution in [-0.2, 0) is 19.1 Å². The van der Waals surface area contributed by atoms with Crippen LogP contribution in [-0.4, -0.2) is 31.9 Å². The molecular formula is C21H22O5. The maximum atomic E-state index is 12.6. The van der Waals surface area contributed by atoms with Gasteiger partial charge in [0.1, 0.15) is 5.78 Å². The molecule has 0 saturated heterocycles. The Kier molecular flexibility index (Phi) is 6.67. The Balaban J connectivity index is 2.48. The van der Waals surface area contributed by atoms with Crippen LogP contribution in [0.25, 0.3) is 0 Å². The SMILES string of the molecule is COC(=O)c1ccc(C(C(=O)OC)C(CC(C)=O)c2ccccc2)cc1. The molecule has 0 aliphatic heterocycles. The number of carbonyl (C=O) groups excluding carboxylic acids is 3. The summed E-state index contributed by atoms with van der Waals surface area (Å²) in [5.74, 6) is -1.90. The van der Waals surface area contributed by atoms with E-state index in [4.69, 9.17) is 9.47 Å². The highest BCUT2D eigenvalue weighted by atomic mass is 16.5. The van der Waals surface area contributed by atoms with Crippen molar-refractivity contribution in [2.45, 2.75) is 25.2 Å². The van der Waals surface area contributed by atoms with Crippen LogP contribution in [0.15, 0.2) is 54.6 Å². The van der Waals surface area contributed by atoms with Gasteiger partial charge in [0.15, 0.2) is 0 Å². The van der Waals surface area contributed by atoms with Crippen molar-refractivity contribution in [2.75, 3.05) is 14.2 Å². The van der Waals surface area contributed by atoms with Gasteiger partial charge < -0.3 is 14.3 Å². The fourth-order valence-corrected chi connectivity index (χ4v) is 3.04. The number of hydrogen-bond acceptors (Lipinski definition) is 5. The molecule has 0 N–H and O–H groups in total. The second-order valence-corrected chi connectivity index (χ2v) is 6.04. The van der Waals surface area contributed by atoms with Gasteiger partial charge in [-0.2, -0.15) is 0 Å². The number of benzene rings is 2. The first-order valence-corrected chi connectivity index (χ1v) is 8.28. The molecule has 0 saturated carbocycles. The van der Waals surface area contributed by atoms with E-state index >= 15 is 0 Å². The molecule has 136 valence electrons. The normalized spacial score (nSPS) is 12.7. The van der Waals surface area contributed by atoms with E-state index in [0.29, 0.717) is 11.1 Å². The van der Waals surface area contributed by atoms with Crippen LogP contribution < -0.4 is 0 Å². The molecule has 26 heavy (non-hydrogen) atoms. The van der Waals surface area contributed by atoms with Crippen LogP contribution in [0.3, 0.4) is 0 Å². The number of esters is 2. The van der Waals surface area contributed by atoms with Crippen LogP contribution in [0.2, 0.25) is 0 Å². The summed E-state index contributed by atoms with van der Waals surface area (Å²) in [6.45, 7) is 1.50. The summed E-state index contributed by atoms with van der Waals surface area (Å²) in [6, 6.07) is 16.0. The molecule has 2 rings (SSSR count). The van der Waals surface area contributed by atoms with Gasteiger partial charge in [0.25, 0.3) is 0 Å². The number of ether oxygens (including phenoxy) is 2. The number of methoxy groups -OCH3 is 2. The highest BCUT2D eigenvalue weighted by Gasteiger charge is 2.33. The smallest absolute Gasteiger partial charge is 0.337 e. The molecular weight excluding hydrogens is 332 g/mol. The summed E-state index contributed by atoms with van der Waals surface area (Å²) in [6.07, 6.45) is 0.211. The van der Waals surface area contributed by atoms with Crippen LogP contribution in [0.4, 0.5) is 0 Å². The van der Waals surface area contributed by atoms with E-state index in [9.17, 15) is 14.4 Å². The lowest BCUT2D eigenvalue weighted by atomic mass is 9.78. The summed E-state index contributed by atoms with van der Waals surface area (Å²) < 4.78 is 9.71. The van der Waals surface area contributed by atoms with Crippen molar-refractivity contribution in [3.63, 3.8) is 0 Å². The minimum absolute atomic E-state index is 0.0149. The Labute approximate surface area is 152 Å². The lowest BCUT2D eigenvalue weighted by Crippen LogP contribution is -2.23. The van der Waals surface area contributed by atoms with Gasteiger partial charge >= 0.3 is 11.9 Å². The quantitative estimate of drug-likeness (QED) is 0.712. The molecule has 0 spiro atoms. The first-order valence-electron chi connectivity index (χ1n) is 8.28. The van der Waals surface area contributed by atoms with Gasteiger partial charge in [-0.1, -0.05) is 42.5 Å². The van der Waals surface area contributed by atoms with Crippen LogP contribution in [0.5, 0.6) is 0 Å². The van der Waals surface area contributed by atoms with Gasteiger partial charge in [0, 0.05) is 12.3 Å². The summed E-state index contributed by atoms with van der Waals surface area (Å²) >= 11 is 0. The zero-order valence-electron chi connectivity index (χ0n) is 15.1. The predicted molar refractivity (Wildman–Crippen MR) is 97.0 cm³/mol.